The van der Waals surface area contributed by atoms with Crippen molar-refractivity contribution in [3.8, 4) is 68.0 Å². The molecule has 0 atom stereocenters. The molecule has 8 heteroatoms. The summed E-state index contributed by atoms with van der Waals surface area (Å²) < 4.78 is 108. The molecule has 366 valence electrons. The number of para-hydroxylation sites is 4. The predicted molar refractivity (Wildman–Crippen MR) is 298 cm³/mol. The molecule has 8 aromatic carbocycles. The van der Waals surface area contributed by atoms with Crippen LogP contribution in [-0.4, -0.2) is 20.9 Å². The topological polar surface area (TPSA) is 45.1 Å². The van der Waals surface area contributed by atoms with E-state index in [1.807, 2.05) is 54.7 Å². The summed E-state index contributed by atoms with van der Waals surface area (Å²) in [7, 11) is 0. The number of hydrogen-bond donors (Lipinski definition) is 0. The van der Waals surface area contributed by atoms with E-state index in [1.165, 1.54) is 16.6 Å². The number of fused-ring (bicyclic) bond motifs is 5. The van der Waals surface area contributed by atoms with Crippen LogP contribution in [0.25, 0.3) is 66.8 Å². The molecule has 0 bridgehead atoms. The third kappa shape index (κ3) is 8.67. The van der Waals surface area contributed by atoms with Gasteiger partial charge in [-0.3, -0.25) is 4.57 Å². The normalized spacial score (nSPS) is 14.1. The van der Waals surface area contributed by atoms with Crippen molar-refractivity contribution in [2.24, 2.45) is 0 Å². The quantitative estimate of drug-likeness (QED) is 0.0779. The van der Waals surface area contributed by atoms with Crippen LogP contribution in [0.3, 0.4) is 0 Å². The van der Waals surface area contributed by atoms with E-state index in [-0.39, 0.29) is 73.1 Å². The molecule has 6 nitrogen and oxygen atoms in total. The van der Waals surface area contributed by atoms with Gasteiger partial charge in [-0.25, -0.2) is 0 Å². The molecule has 0 amide bonds. The Morgan fingerprint density at radius 2 is 1.32 bits per heavy atom. The molecule has 0 spiro atoms. The van der Waals surface area contributed by atoms with Crippen LogP contribution in [0, 0.1) is 18.5 Å². The molecule has 0 saturated carbocycles. The molecule has 1 aliphatic heterocycles. The Hall–Kier alpha value is -7.73. The number of rotatable bonds is 10. The molecule has 0 radical (unpaired) electrons. The van der Waals surface area contributed by atoms with Crippen LogP contribution in [0.5, 0.6) is 23.1 Å². The zero-order valence-electron chi connectivity index (χ0n) is 51.9. The Bertz CT molecular complexity index is 4320. The maximum Gasteiger partial charge on any atom is 0.316 e. The summed E-state index contributed by atoms with van der Waals surface area (Å²) in [5.41, 5.74) is 9.46. The number of pyridine rings is 1. The van der Waals surface area contributed by atoms with Crippen LogP contribution < -0.4 is 25.0 Å². The van der Waals surface area contributed by atoms with Gasteiger partial charge in [0.15, 0.2) is 5.88 Å². The van der Waals surface area contributed by atoms with Gasteiger partial charge in [0.2, 0.25) is 0 Å². The molecular weight excluding hydrogens is 1090 g/mol. The third-order valence-electron chi connectivity index (χ3n) is 13.6. The number of aromatic nitrogens is 4. The second-order valence-electron chi connectivity index (χ2n) is 20.0. The summed E-state index contributed by atoms with van der Waals surface area (Å²) in [6.45, 7) is 15.1. The van der Waals surface area contributed by atoms with Gasteiger partial charge in [-0.1, -0.05) is 205 Å². The molecule has 74 heavy (non-hydrogen) atoms. The van der Waals surface area contributed by atoms with Crippen molar-refractivity contribution in [1.29, 1.82) is 0 Å². The van der Waals surface area contributed by atoms with Crippen LogP contribution in [0.2, 0.25) is 0 Å². The second kappa shape index (κ2) is 19.6. The fraction of sp³-hybridized carbons (Fsp3) is 0.152. The monoisotopic (exact) mass is 1150 g/mol. The Balaban J connectivity index is 0.00000736. The van der Waals surface area contributed by atoms with Gasteiger partial charge in [0.1, 0.15) is 0 Å². The predicted octanol–water partition coefficient (Wildman–Crippen LogP) is 14.8. The smallest absolute Gasteiger partial charge is 0.316 e. The van der Waals surface area contributed by atoms with Gasteiger partial charge in [0.05, 0.1) is 41.9 Å². The molecule has 1 aliphatic rings. The van der Waals surface area contributed by atoms with Gasteiger partial charge in [-0.2, -0.15) is 12.1 Å². The van der Waals surface area contributed by atoms with Gasteiger partial charge in [-0.15, -0.1) is 23.8 Å². The molecule has 0 unspecified atom stereocenters. The third-order valence-corrected chi connectivity index (χ3v) is 13.6. The van der Waals surface area contributed by atoms with Crippen molar-refractivity contribution in [1.82, 2.24) is 14.0 Å². The summed E-state index contributed by atoms with van der Waals surface area (Å²) >= 11 is 0. The van der Waals surface area contributed by atoms with E-state index < -0.39 is 60.4 Å². The van der Waals surface area contributed by atoms with Gasteiger partial charge >= 0.3 is 6.85 Å². The maximum absolute atomic E-state index is 9.14. The molecule has 4 heterocycles. The maximum atomic E-state index is 9.14. The fourth-order valence-electron chi connectivity index (χ4n) is 10.2. The Labute approximate surface area is 463 Å². The van der Waals surface area contributed by atoms with Gasteiger partial charge in [-0.05, 0) is 85.2 Å². The van der Waals surface area contributed by atoms with Crippen molar-refractivity contribution in [2.45, 2.75) is 65.7 Å². The van der Waals surface area contributed by atoms with Crippen molar-refractivity contribution >= 4 is 39.7 Å². The summed E-state index contributed by atoms with van der Waals surface area (Å²) in [6, 6.07) is 42.6. The van der Waals surface area contributed by atoms with Gasteiger partial charge in [0, 0.05) is 50.0 Å². The summed E-state index contributed by atoms with van der Waals surface area (Å²) in [6.07, 6.45) is 5.29. The average Bonchev–Trinajstić information content (AvgIpc) is 2.52. The van der Waals surface area contributed by atoms with Gasteiger partial charge < -0.3 is 23.5 Å². The molecule has 0 fully saturated rings. The number of nitrogens with zero attached hydrogens (tertiary/aromatic N) is 4. The van der Waals surface area contributed by atoms with E-state index in [2.05, 4.69) is 126 Å². The van der Waals surface area contributed by atoms with Crippen LogP contribution in [-0.2, 0) is 26.5 Å². The van der Waals surface area contributed by atoms with Crippen LogP contribution in [0.15, 0.2) is 194 Å². The van der Waals surface area contributed by atoms with E-state index in [4.69, 9.17) is 28.2 Å². The number of imidazole rings is 1. The van der Waals surface area contributed by atoms with Crippen molar-refractivity contribution in [2.75, 3.05) is 0 Å². The minimum atomic E-state index is -0.581. The molecule has 11 aromatic rings. The van der Waals surface area contributed by atoms with Crippen molar-refractivity contribution in [3.63, 3.8) is 0 Å². The first kappa shape index (κ1) is 37.9. The Kier molecular flexibility index (Phi) is 10.1. The average molecular weight is 1150 g/mol. The molecule has 0 saturated heterocycles. The Morgan fingerprint density at radius 3 is 2.00 bits per heavy atom. The van der Waals surface area contributed by atoms with Crippen molar-refractivity contribution in [3.05, 3.63) is 229 Å². The largest absolute Gasteiger partial charge is 0.500 e. The van der Waals surface area contributed by atoms with Crippen LogP contribution in [0.4, 0.5) is 0 Å². The number of benzene rings is 8. The molecule has 0 aliphatic carbocycles. The fourth-order valence-corrected chi connectivity index (χ4v) is 10.2. The number of ether oxygens (including phenoxy) is 2. The SMILES string of the molecule is [2H]c1c([2H])c([2H])c(-c2cccc(-c3c([2H])c([2H])c([2H])c([2H])c3[2H])c2-[n+]2[c-]n(-c3[c-]c(Oc4[c-]c(-c5cc(C(C)(C)C)ccn5)cc5c4Oc4cc6ccccc6n4B5c4c(C(C)C)cccc4C(C)C)ccc3)c3ccccc32)c([2H])c1[2H].[Pt]. The van der Waals surface area contributed by atoms with Crippen molar-refractivity contribution < 1.29 is 48.8 Å². The minimum Gasteiger partial charge on any atom is -0.500 e. The van der Waals surface area contributed by atoms with Crippen LogP contribution >= 0.6 is 0 Å². The first-order chi connectivity index (χ1) is 39.6. The molecule has 12 rings (SSSR count). The van der Waals surface area contributed by atoms with Gasteiger partial charge in [0.25, 0.3) is 6.33 Å². The zero-order chi connectivity index (χ0) is 58.7. The zero-order valence-corrected chi connectivity index (χ0v) is 44.1. The first-order valence-electron chi connectivity index (χ1n) is 29.6. The standard InChI is InChI=1S/C66H55BN4O2.Pt/c1-43(2)52-28-19-29-53(44(3)4)63(52)67-56-37-48(57-40-49(35-36-68-57)66(5,6)7)38-61(65(56)73-62-39-47-25-14-15-32-58(47)71(62)67)72-51-27-18-26-50(41-51)69-42-70(60-34-17-16-33-59(60)69)64-54(45-21-10-8-11-22-45)30-20-31-55(64)46-23-12-9-13-24-46;/h8-37,39-40,43-44H,1-7H3;/q-2;/i8D,9D,10D,11D,12D,13D,21D,22D,23D,24D;. The summed E-state index contributed by atoms with van der Waals surface area (Å²) in [4.78, 5) is 4.95. The first-order valence-corrected chi connectivity index (χ1v) is 24.6. The summed E-state index contributed by atoms with van der Waals surface area (Å²) in [5, 5.41) is 1.02. The molecule has 3 aromatic heterocycles. The minimum absolute atomic E-state index is 0. The molecule has 0 N–H and O–H groups in total. The van der Waals surface area contributed by atoms with E-state index in [0.717, 1.165) is 21.9 Å². The number of hydrogen-bond acceptors (Lipinski definition) is 3. The molecular formula is C66H55BN4O2Pt-2. The van der Waals surface area contributed by atoms with Crippen LogP contribution in [0.1, 0.15) is 90.7 Å². The van der Waals surface area contributed by atoms with E-state index in [0.29, 0.717) is 51.1 Å². The summed E-state index contributed by atoms with van der Waals surface area (Å²) in [5.74, 6) is 2.06. The van der Waals surface area contributed by atoms with E-state index in [9.17, 15) is 0 Å². The van der Waals surface area contributed by atoms with E-state index >= 15 is 0 Å². The van der Waals surface area contributed by atoms with E-state index in [1.54, 1.807) is 33.4 Å². The second-order valence-corrected chi connectivity index (χ2v) is 20.0. The Morgan fingerprint density at radius 1 is 0.689 bits per heavy atom.